The number of hydrogen-bond acceptors (Lipinski definition) is 4. The zero-order valence-corrected chi connectivity index (χ0v) is 11.4. The number of aromatic nitrogens is 5. The molecule has 20 heavy (non-hydrogen) atoms. The predicted octanol–water partition coefficient (Wildman–Crippen LogP) is 2.31. The highest BCUT2D eigenvalue weighted by Gasteiger charge is 2.12. The monoisotopic (exact) mass is 286 g/mol. The van der Waals surface area contributed by atoms with Crippen molar-refractivity contribution < 1.29 is 0 Å². The summed E-state index contributed by atoms with van der Waals surface area (Å²) < 4.78 is 3.18. The lowest BCUT2D eigenvalue weighted by molar-refractivity contribution is 0.863. The van der Waals surface area contributed by atoms with E-state index in [1.165, 1.54) is 17.3 Å². The van der Waals surface area contributed by atoms with Gasteiger partial charge >= 0.3 is 0 Å². The third-order valence-electron chi connectivity index (χ3n) is 2.78. The van der Waals surface area contributed by atoms with Crippen LogP contribution in [0.2, 0.25) is 5.15 Å². The van der Waals surface area contributed by atoms with Gasteiger partial charge in [-0.3, -0.25) is 0 Å². The van der Waals surface area contributed by atoms with Crippen LogP contribution in [0.4, 0.5) is 0 Å². The molecule has 0 fully saturated rings. The Morgan fingerprint density at radius 2 is 1.85 bits per heavy atom. The molecule has 0 atom stereocenters. The fraction of sp³-hybridized carbons (Fsp3) is 0.0769. The van der Waals surface area contributed by atoms with Crippen molar-refractivity contribution in [1.29, 1.82) is 0 Å². The number of hydrogen-bond donors (Lipinski definition) is 0. The second kappa shape index (κ2) is 5.26. The summed E-state index contributed by atoms with van der Waals surface area (Å²) in [6, 6.07) is 9.71. The molecule has 0 spiro atoms. The molecule has 0 bridgehead atoms. The summed E-state index contributed by atoms with van der Waals surface area (Å²) in [6.07, 6.45) is 4.65. The summed E-state index contributed by atoms with van der Waals surface area (Å²) in [5.41, 5.74) is 2.48. The second-order valence-electron chi connectivity index (χ2n) is 4.12. The lowest BCUT2D eigenvalue weighted by Gasteiger charge is -2.01. The van der Waals surface area contributed by atoms with Crippen LogP contribution in [0.15, 0.2) is 48.1 Å². The van der Waals surface area contributed by atoms with Gasteiger partial charge in [-0.15, -0.1) is 10.2 Å². The summed E-state index contributed by atoms with van der Waals surface area (Å²) in [5, 5.41) is 16.5. The minimum absolute atomic E-state index is 0.519. The minimum atomic E-state index is 0.519. The van der Waals surface area contributed by atoms with Gasteiger partial charge < -0.3 is 0 Å². The minimum Gasteiger partial charge on any atom is -0.221 e. The van der Waals surface area contributed by atoms with Gasteiger partial charge in [-0.25, -0.2) is 9.36 Å². The molecule has 6 nitrogen and oxygen atoms in total. The van der Waals surface area contributed by atoms with E-state index in [0.717, 1.165) is 16.9 Å². The normalized spacial score (nSPS) is 11.3. The quantitative estimate of drug-likeness (QED) is 0.694. The summed E-state index contributed by atoms with van der Waals surface area (Å²) in [7, 11) is 0. The molecule has 3 rings (SSSR count). The molecular weight excluding hydrogens is 276 g/mol. The molecule has 1 aromatic carbocycles. The van der Waals surface area contributed by atoms with Crippen LogP contribution in [0.25, 0.3) is 5.69 Å². The topological polar surface area (TPSA) is 60.9 Å². The number of para-hydroxylation sites is 1. The number of halogens is 1. The van der Waals surface area contributed by atoms with Gasteiger partial charge in [0.05, 0.1) is 23.2 Å². The van der Waals surface area contributed by atoms with Gasteiger partial charge in [-0.1, -0.05) is 29.8 Å². The summed E-state index contributed by atoms with van der Waals surface area (Å²) in [4.78, 5) is 0. The van der Waals surface area contributed by atoms with Crippen molar-refractivity contribution in [3.8, 4) is 5.69 Å². The zero-order chi connectivity index (χ0) is 13.9. The first-order valence-electron chi connectivity index (χ1n) is 5.95. The van der Waals surface area contributed by atoms with Crippen LogP contribution in [0.5, 0.6) is 0 Å². The van der Waals surface area contributed by atoms with Gasteiger partial charge in [-0.2, -0.15) is 10.2 Å². The molecule has 2 heterocycles. The molecule has 0 aliphatic heterocycles. The van der Waals surface area contributed by atoms with Crippen molar-refractivity contribution in [2.24, 2.45) is 5.10 Å². The van der Waals surface area contributed by atoms with Crippen LogP contribution in [0.1, 0.15) is 11.3 Å². The third kappa shape index (κ3) is 2.33. The smallest absolute Gasteiger partial charge is 0.142 e. The van der Waals surface area contributed by atoms with Gasteiger partial charge in [-0.05, 0) is 19.1 Å². The van der Waals surface area contributed by atoms with E-state index in [0.29, 0.717) is 5.15 Å². The van der Waals surface area contributed by atoms with E-state index < -0.39 is 0 Å². The predicted molar refractivity (Wildman–Crippen MR) is 76.3 cm³/mol. The molecule has 0 N–H and O–H groups in total. The molecule has 0 unspecified atom stereocenters. The molecular formula is C13H11ClN6. The fourth-order valence-corrected chi connectivity index (χ4v) is 2.10. The van der Waals surface area contributed by atoms with E-state index in [-0.39, 0.29) is 0 Å². The number of benzene rings is 1. The Labute approximate surface area is 120 Å². The van der Waals surface area contributed by atoms with Crippen molar-refractivity contribution in [1.82, 2.24) is 24.7 Å². The molecule has 3 aromatic rings. The molecule has 0 amide bonds. The average Bonchev–Trinajstić information content (AvgIpc) is 3.07. The van der Waals surface area contributed by atoms with Gasteiger partial charge in [0.2, 0.25) is 0 Å². The van der Waals surface area contributed by atoms with Crippen LogP contribution < -0.4 is 0 Å². The Hall–Kier alpha value is -2.47. The number of rotatable bonds is 3. The molecule has 100 valence electrons. The van der Waals surface area contributed by atoms with E-state index in [1.54, 1.807) is 10.9 Å². The molecule has 2 aromatic heterocycles. The van der Waals surface area contributed by atoms with Crippen LogP contribution in [-0.4, -0.2) is 30.9 Å². The average molecular weight is 287 g/mol. The highest BCUT2D eigenvalue weighted by molar-refractivity contribution is 6.32. The van der Waals surface area contributed by atoms with Crippen molar-refractivity contribution in [3.63, 3.8) is 0 Å². The van der Waals surface area contributed by atoms with E-state index in [2.05, 4.69) is 20.4 Å². The largest absolute Gasteiger partial charge is 0.221 e. The van der Waals surface area contributed by atoms with Crippen LogP contribution >= 0.6 is 11.6 Å². The van der Waals surface area contributed by atoms with Crippen LogP contribution in [0.3, 0.4) is 0 Å². The first-order chi connectivity index (χ1) is 9.75. The molecule has 0 saturated carbocycles. The summed E-state index contributed by atoms with van der Waals surface area (Å²) in [6.45, 7) is 1.89. The van der Waals surface area contributed by atoms with Gasteiger partial charge in [0.25, 0.3) is 0 Å². The van der Waals surface area contributed by atoms with Gasteiger partial charge in [0.15, 0.2) is 0 Å². The highest BCUT2D eigenvalue weighted by Crippen LogP contribution is 2.21. The maximum atomic E-state index is 6.37. The fourth-order valence-electron chi connectivity index (χ4n) is 1.78. The number of aryl methyl sites for hydroxylation is 1. The molecule has 0 saturated heterocycles. The highest BCUT2D eigenvalue weighted by atomic mass is 35.5. The number of nitrogens with zero attached hydrogens (tertiary/aromatic N) is 6. The van der Waals surface area contributed by atoms with E-state index in [9.17, 15) is 0 Å². The Kier molecular flexibility index (Phi) is 3.30. The first kappa shape index (κ1) is 12.6. The van der Waals surface area contributed by atoms with Crippen molar-refractivity contribution >= 4 is 17.8 Å². The van der Waals surface area contributed by atoms with Crippen LogP contribution in [-0.2, 0) is 0 Å². The van der Waals surface area contributed by atoms with Gasteiger partial charge in [0.1, 0.15) is 17.8 Å². The van der Waals surface area contributed by atoms with Crippen molar-refractivity contribution in [2.75, 3.05) is 0 Å². The van der Waals surface area contributed by atoms with E-state index >= 15 is 0 Å². The Morgan fingerprint density at radius 3 is 2.55 bits per heavy atom. The molecule has 0 aliphatic rings. The molecule has 0 radical (unpaired) electrons. The lowest BCUT2D eigenvalue weighted by atomic mass is 10.3. The lowest BCUT2D eigenvalue weighted by Crippen LogP contribution is -1.96. The molecule has 0 aliphatic carbocycles. The summed E-state index contributed by atoms with van der Waals surface area (Å²) >= 11 is 6.37. The Bertz CT molecular complexity index is 730. The van der Waals surface area contributed by atoms with Crippen LogP contribution in [0, 0.1) is 6.92 Å². The van der Waals surface area contributed by atoms with E-state index in [1.807, 2.05) is 37.3 Å². The van der Waals surface area contributed by atoms with Crippen molar-refractivity contribution in [3.05, 3.63) is 59.4 Å². The standard InChI is InChI=1S/C13H11ClN6/c1-10-12(7-17-19-8-15-16-9-19)13(14)20(18-10)11-5-3-2-4-6-11/h2-9H,1H3. The molecule has 7 heteroatoms. The summed E-state index contributed by atoms with van der Waals surface area (Å²) in [5.74, 6) is 0. The second-order valence-corrected chi connectivity index (χ2v) is 4.48. The third-order valence-corrected chi connectivity index (χ3v) is 3.14. The Balaban J connectivity index is 1.99. The SMILES string of the molecule is Cc1nn(-c2ccccc2)c(Cl)c1C=Nn1cnnc1. The maximum Gasteiger partial charge on any atom is 0.142 e. The zero-order valence-electron chi connectivity index (χ0n) is 10.7. The maximum absolute atomic E-state index is 6.37. The Morgan fingerprint density at radius 1 is 1.15 bits per heavy atom. The van der Waals surface area contributed by atoms with Crippen molar-refractivity contribution in [2.45, 2.75) is 6.92 Å². The van der Waals surface area contributed by atoms with E-state index in [4.69, 9.17) is 11.6 Å². The van der Waals surface area contributed by atoms with Gasteiger partial charge in [0, 0.05) is 0 Å². The first-order valence-corrected chi connectivity index (χ1v) is 6.33.